The third-order valence-electron chi connectivity index (χ3n) is 0.795. The maximum atomic E-state index is 3.98. The molecule has 1 heterocycles. The van der Waals surface area contributed by atoms with Crippen molar-refractivity contribution in [1.29, 1.82) is 0 Å². The van der Waals surface area contributed by atoms with E-state index in [1.807, 2.05) is 13.0 Å². The van der Waals surface area contributed by atoms with Crippen molar-refractivity contribution < 1.29 is 0 Å². The number of rotatable bonds is 0. The van der Waals surface area contributed by atoms with Crippen molar-refractivity contribution >= 4 is 12.6 Å². The van der Waals surface area contributed by atoms with Crippen LogP contribution < -0.4 is 0 Å². The Balaban J connectivity index is 3.08. The van der Waals surface area contributed by atoms with Gasteiger partial charge in [-0.25, -0.2) is 0 Å². The number of aryl methyl sites for hydroxylation is 1. The van der Waals surface area contributed by atoms with Crippen molar-refractivity contribution in [2.45, 2.75) is 12.1 Å². The molecule has 0 aliphatic rings. The summed E-state index contributed by atoms with van der Waals surface area (Å²) in [5, 5.41) is 0.644. The van der Waals surface area contributed by atoms with Crippen molar-refractivity contribution in [1.82, 2.24) is 9.97 Å². The zero-order valence-corrected chi connectivity index (χ0v) is 5.55. The number of aromatic nitrogens is 2. The molecule has 0 saturated carbocycles. The molecule has 42 valence electrons. The summed E-state index contributed by atoms with van der Waals surface area (Å²) >= 11 is 3.19. The molecule has 3 heteroatoms. The van der Waals surface area contributed by atoms with Crippen LogP contribution in [0.3, 0.4) is 0 Å². The Kier molecular flexibility index (Phi) is 1.48. The van der Waals surface area contributed by atoms with Crippen molar-refractivity contribution in [2.24, 2.45) is 0 Å². The standard InChI is InChI=1S/C5H6N2S/c1-4-2-3-6-5(8)7-4/h2-3H,1H3,(H,6,7,8)/p+1. The van der Waals surface area contributed by atoms with Gasteiger partial charge in [0.25, 0.3) is 0 Å². The van der Waals surface area contributed by atoms with E-state index in [-0.39, 0.29) is 0 Å². The second-order valence-corrected chi connectivity index (χ2v) is 1.97. The van der Waals surface area contributed by atoms with Gasteiger partial charge in [-0.3, -0.25) is 0 Å². The maximum Gasteiger partial charge on any atom is 0.340 e. The summed E-state index contributed by atoms with van der Waals surface area (Å²) in [5.74, 6) is 0. The van der Waals surface area contributed by atoms with Crippen molar-refractivity contribution in [3.63, 3.8) is 0 Å². The van der Waals surface area contributed by atoms with Crippen LogP contribution in [0.4, 0.5) is 0 Å². The molecule has 0 unspecified atom stereocenters. The van der Waals surface area contributed by atoms with Gasteiger partial charge in [0.15, 0.2) is 0 Å². The zero-order valence-electron chi connectivity index (χ0n) is 4.55. The van der Waals surface area contributed by atoms with Gasteiger partial charge in [-0.05, 0) is 13.0 Å². The van der Waals surface area contributed by atoms with E-state index in [4.69, 9.17) is 0 Å². The normalized spacial score (nSPS) is 9.25. The van der Waals surface area contributed by atoms with E-state index >= 15 is 0 Å². The lowest BCUT2D eigenvalue weighted by atomic mass is 10.5. The maximum absolute atomic E-state index is 3.98. The lowest BCUT2D eigenvalue weighted by Crippen LogP contribution is -1.86. The molecule has 0 atom stereocenters. The highest BCUT2D eigenvalue weighted by molar-refractivity contribution is 7.58. The van der Waals surface area contributed by atoms with Crippen LogP contribution in [0, 0.1) is 6.92 Å². The molecular weight excluding hydrogens is 120 g/mol. The third kappa shape index (κ3) is 1.20. The summed E-state index contributed by atoms with van der Waals surface area (Å²) in [5.41, 5.74) is 0.977. The molecule has 2 nitrogen and oxygen atoms in total. The first-order valence-corrected chi connectivity index (χ1v) is 2.80. The molecule has 8 heavy (non-hydrogen) atoms. The first-order valence-electron chi connectivity index (χ1n) is 2.30. The van der Waals surface area contributed by atoms with E-state index in [0.29, 0.717) is 5.16 Å². The molecule has 0 saturated heterocycles. The van der Waals surface area contributed by atoms with Crippen LogP contribution in [-0.4, -0.2) is 9.97 Å². The van der Waals surface area contributed by atoms with E-state index in [2.05, 4.69) is 22.6 Å². The Bertz CT molecular complexity index is 170. The van der Waals surface area contributed by atoms with Crippen LogP contribution in [0.5, 0.6) is 0 Å². The Morgan fingerprint density at radius 1 is 1.62 bits per heavy atom. The van der Waals surface area contributed by atoms with Crippen molar-refractivity contribution in [3.8, 4) is 0 Å². The van der Waals surface area contributed by atoms with Crippen LogP contribution in [0.2, 0.25) is 0 Å². The molecule has 0 aliphatic heterocycles. The van der Waals surface area contributed by atoms with Gasteiger partial charge in [-0.15, -0.1) is 0 Å². The molecule has 0 N–H and O–H groups in total. The summed E-state index contributed by atoms with van der Waals surface area (Å²) < 4.78 is 0. The van der Waals surface area contributed by atoms with Gasteiger partial charge < -0.3 is 0 Å². The number of hydrogen-bond donors (Lipinski definition) is 0. The fraction of sp³-hybridized carbons (Fsp3) is 0.200. The van der Waals surface area contributed by atoms with E-state index in [0.717, 1.165) is 5.69 Å². The average molecular weight is 127 g/mol. The number of hydrogen-bond acceptors (Lipinski definition) is 2. The zero-order chi connectivity index (χ0) is 5.98. The van der Waals surface area contributed by atoms with Gasteiger partial charge in [-0.1, -0.05) is 0 Å². The van der Waals surface area contributed by atoms with Crippen LogP contribution >= 0.6 is 0 Å². The summed E-state index contributed by atoms with van der Waals surface area (Å²) in [6.07, 6.45) is 1.71. The second kappa shape index (κ2) is 2.13. The minimum atomic E-state index is 0.644. The van der Waals surface area contributed by atoms with Crippen molar-refractivity contribution in [3.05, 3.63) is 18.0 Å². The van der Waals surface area contributed by atoms with Gasteiger partial charge in [0.2, 0.25) is 0 Å². The third-order valence-corrected chi connectivity index (χ3v) is 1.04. The highest BCUT2D eigenvalue weighted by Gasteiger charge is 1.90. The molecule has 0 bridgehead atoms. The Labute approximate surface area is 53.4 Å². The molecule has 1 aromatic heterocycles. The molecule has 0 aromatic carbocycles. The van der Waals surface area contributed by atoms with Gasteiger partial charge in [0.05, 0.1) is 0 Å². The Morgan fingerprint density at radius 3 is 2.75 bits per heavy atom. The minimum absolute atomic E-state index is 0.644. The summed E-state index contributed by atoms with van der Waals surface area (Å²) in [7, 11) is 0. The topological polar surface area (TPSA) is 25.8 Å². The van der Waals surface area contributed by atoms with Gasteiger partial charge in [0.1, 0.15) is 0 Å². The predicted molar refractivity (Wildman–Crippen MR) is 35.2 cm³/mol. The largest absolute Gasteiger partial charge is 0.340 e. The second-order valence-electron chi connectivity index (χ2n) is 1.52. The highest BCUT2D eigenvalue weighted by atomic mass is 32.1. The SMILES string of the molecule is Cc1ccnc([SH2+])n1. The molecular formula is C5H7N2S+. The van der Waals surface area contributed by atoms with E-state index in [9.17, 15) is 0 Å². The molecule has 0 fully saturated rings. The average Bonchev–Trinajstić information content (AvgIpc) is 1.64. The van der Waals surface area contributed by atoms with Crippen LogP contribution in [0.25, 0.3) is 0 Å². The molecule has 0 aliphatic carbocycles. The predicted octanol–water partition coefficient (Wildman–Crippen LogP) is 0.155. The highest BCUT2D eigenvalue weighted by Crippen LogP contribution is 1.89. The van der Waals surface area contributed by atoms with Crippen LogP contribution in [-0.2, 0) is 12.6 Å². The summed E-state index contributed by atoms with van der Waals surface area (Å²) in [6, 6.07) is 1.85. The van der Waals surface area contributed by atoms with E-state index < -0.39 is 0 Å². The molecule has 1 aromatic rings. The lowest BCUT2D eigenvalue weighted by molar-refractivity contribution is 0.937. The smallest absolute Gasteiger partial charge is 0.193 e. The molecule has 1 rings (SSSR count). The minimum Gasteiger partial charge on any atom is -0.193 e. The van der Waals surface area contributed by atoms with Gasteiger partial charge >= 0.3 is 5.16 Å². The first-order chi connectivity index (χ1) is 3.79. The Morgan fingerprint density at radius 2 is 2.38 bits per heavy atom. The van der Waals surface area contributed by atoms with Crippen LogP contribution in [0.1, 0.15) is 5.69 Å². The van der Waals surface area contributed by atoms with Crippen LogP contribution in [0.15, 0.2) is 17.4 Å². The monoisotopic (exact) mass is 127 g/mol. The quantitative estimate of drug-likeness (QED) is 0.366. The van der Waals surface area contributed by atoms with E-state index in [1.165, 1.54) is 0 Å². The lowest BCUT2D eigenvalue weighted by Gasteiger charge is -1.83. The first kappa shape index (κ1) is 5.56. The number of nitrogens with zero attached hydrogens (tertiary/aromatic N) is 2. The fourth-order valence-corrected chi connectivity index (χ4v) is 0.700. The molecule has 0 amide bonds. The Hall–Kier alpha value is -0.570. The van der Waals surface area contributed by atoms with Crippen molar-refractivity contribution in [2.75, 3.05) is 0 Å². The van der Waals surface area contributed by atoms with Gasteiger partial charge in [0, 0.05) is 24.5 Å². The molecule has 0 radical (unpaired) electrons. The molecule has 0 spiro atoms. The van der Waals surface area contributed by atoms with Gasteiger partial charge in [-0.2, -0.15) is 9.97 Å². The summed E-state index contributed by atoms with van der Waals surface area (Å²) in [6.45, 7) is 1.92. The summed E-state index contributed by atoms with van der Waals surface area (Å²) in [4.78, 5) is 7.82. The fourth-order valence-electron chi connectivity index (χ4n) is 0.449. The van der Waals surface area contributed by atoms with E-state index in [1.54, 1.807) is 6.20 Å².